The molecule has 1 heterocycles. The lowest BCUT2D eigenvalue weighted by atomic mass is 10.2. The summed E-state index contributed by atoms with van der Waals surface area (Å²) >= 11 is 0. The summed E-state index contributed by atoms with van der Waals surface area (Å²) in [7, 11) is 1.81. The average Bonchev–Trinajstić information content (AvgIpc) is 3.23. The minimum atomic E-state index is -0.292. The van der Waals surface area contributed by atoms with E-state index in [1.54, 1.807) is 40.0 Å². The van der Waals surface area contributed by atoms with Gasteiger partial charge in [0.15, 0.2) is 0 Å². The Balaban J connectivity index is 1.70. The van der Waals surface area contributed by atoms with E-state index in [9.17, 15) is 9.90 Å². The summed E-state index contributed by atoms with van der Waals surface area (Å²) in [5, 5.41) is 13.8. The van der Waals surface area contributed by atoms with Crippen molar-refractivity contribution < 1.29 is 14.6 Å². The number of rotatable bonds is 4. The van der Waals surface area contributed by atoms with Crippen LogP contribution in [0.15, 0.2) is 30.5 Å². The molecule has 0 aliphatic heterocycles. The van der Waals surface area contributed by atoms with Crippen molar-refractivity contribution >= 4 is 6.09 Å². The number of carbonyl (C=O) groups excluding carboxylic acids is 1. The van der Waals surface area contributed by atoms with Gasteiger partial charge in [-0.05, 0) is 49.6 Å². The summed E-state index contributed by atoms with van der Waals surface area (Å²) in [6, 6.07) is 7.06. The summed E-state index contributed by atoms with van der Waals surface area (Å²) in [6.07, 6.45) is 5.91. The van der Waals surface area contributed by atoms with Gasteiger partial charge in [-0.25, -0.2) is 9.48 Å². The molecule has 0 spiro atoms. The van der Waals surface area contributed by atoms with Gasteiger partial charge >= 0.3 is 6.09 Å². The second-order valence-electron chi connectivity index (χ2n) is 6.31. The fraction of sp³-hybridized carbons (Fsp3) is 0.444. The summed E-state index contributed by atoms with van der Waals surface area (Å²) in [5.41, 5.74) is 2.60. The number of phenols is 1. The molecule has 1 N–H and O–H groups in total. The van der Waals surface area contributed by atoms with E-state index in [1.165, 1.54) is 12.8 Å². The summed E-state index contributed by atoms with van der Waals surface area (Å²) in [5.74, 6) is 0.203. The number of hydrogen-bond acceptors (Lipinski definition) is 4. The van der Waals surface area contributed by atoms with E-state index in [1.807, 2.05) is 14.0 Å². The Morgan fingerprint density at radius 2 is 2.00 bits per heavy atom. The number of aryl methyl sites for hydroxylation is 1. The molecule has 1 aromatic heterocycles. The molecule has 0 atom stereocenters. The highest BCUT2D eigenvalue weighted by molar-refractivity contribution is 5.67. The Hall–Kier alpha value is -2.50. The van der Waals surface area contributed by atoms with Crippen molar-refractivity contribution in [3.8, 4) is 11.4 Å². The maximum absolute atomic E-state index is 12.3. The van der Waals surface area contributed by atoms with Gasteiger partial charge in [-0.3, -0.25) is 0 Å². The fourth-order valence-corrected chi connectivity index (χ4v) is 3.12. The first-order valence-electron chi connectivity index (χ1n) is 8.29. The second-order valence-corrected chi connectivity index (χ2v) is 6.31. The number of ether oxygens (including phenoxy) is 1. The normalized spacial score (nSPS) is 14.8. The zero-order chi connectivity index (χ0) is 17.1. The largest absolute Gasteiger partial charge is 0.508 e. The van der Waals surface area contributed by atoms with E-state index in [0.29, 0.717) is 6.04 Å². The Labute approximate surface area is 141 Å². The van der Waals surface area contributed by atoms with Crippen molar-refractivity contribution in [1.82, 2.24) is 14.7 Å². The van der Waals surface area contributed by atoms with Gasteiger partial charge in [-0.15, -0.1) is 0 Å². The number of nitrogens with zero attached hydrogens (tertiary/aromatic N) is 3. The van der Waals surface area contributed by atoms with Crippen LogP contribution in [0, 0.1) is 6.92 Å². The molecule has 1 saturated carbocycles. The second kappa shape index (κ2) is 6.95. The highest BCUT2D eigenvalue weighted by Gasteiger charge is 2.24. The number of carbonyl (C=O) groups is 1. The van der Waals surface area contributed by atoms with Gasteiger partial charge in [0, 0.05) is 13.1 Å². The minimum Gasteiger partial charge on any atom is -0.508 e. The number of amides is 1. The third-order valence-corrected chi connectivity index (χ3v) is 4.66. The van der Waals surface area contributed by atoms with Gasteiger partial charge in [0.05, 0.1) is 17.6 Å². The number of hydrogen-bond donors (Lipinski definition) is 1. The summed E-state index contributed by atoms with van der Waals surface area (Å²) < 4.78 is 7.24. The van der Waals surface area contributed by atoms with Gasteiger partial charge in [0.2, 0.25) is 0 Å². The van der Waals surface area contributed by atoms with Crippen molar-refractivity contribution in [2.24, 2.45) is 0 Å². The molecule has 2 aromatic rings. The maximum atomic E-state index is 12.3. The predicted octanol–water partition coefficient (Wildman–Crippen LogP) is 3.40. The lowest BCUT2D eigenvalue weighted by Gasteiger charge is -2.23. The summed E-state index contributed by atoms with van der Waals surface area (Å²) in [4.78, 5) is 14.0. The van der Waals surface area contributed by atoms with Crippen LogP contribution in [0.1, 0.15) is 36.9 Å². The molecule has 0 saturated heterocycles. The number of phenolic OH excluding ortho intramolecular Hbond substituents is 1. The SMILES string of the molecule is Cc1cnn(-c2ccc(O)cc2)c1COC(=O)N(C)C1CCCC1. The molecule has 1 amide bonds. The molecule has 6 heteroatoms. The lowest BCUT2D eigenvalue weighted by molar-refractivity contribution is 0.0900. The molecule has 1 aromatic carbocycles. The number of aromatic nitrogens is 2. The Kier molecular flexibility index (Phi) is 4.74. The molecular formula is C18H23N3O3. The van der Waals surface area contributed by atoms with Gasteiger partial charge in [0.1, 0.15) is 12.4 Å². The van der Waals surface area contributed by atoms with E-state index >= 15 is 0 Å². The standard InChI is InChI=1S/C18H23N3O3/c1-13-11-19-21(15-7-9-16(22)10-8-15)17(13)12-24-18(23)20(2)14-5-3-4-6-14/h7-11,14,22H,3-6,12H2,1-2H3. The molecule has 1 aliphatic rings. The third kappa shape index (κ3) is 3.37. The molecule has 128 valence electrons. The first-order chi connectivity index (χ1) is 11.6. The van der Waals surface area contributed by atoms with Crippen LogP contribution >= 0.6 is 0 Å². The molecular weight excluding hydrogens is 306 g/mol. The molecule has 1 aliphatic carbocycles. The van der Waals surface area contributed by atoms with Gasteiger partial charge in [-0.2, -0.15) is 5.10 Å². The Morgan fingerprint density at radius 3 is 2.67 bits per heavy atom. The Morgan fingerprint density at radius 1 is 1.33 bits per heavy atom. The van der Waals surface area contributed by atoms with E-state index in [2.05, 4.69) is 5.10 Å². The summed E-state index contributed by atoms with van der Waals surface area (Å²) in [6.45, 7) is 2.11. The monoisotopic (exact) mass is 329 g/mol. The number of benzene rings is 1. The van der Waals surface area contributed by atoms with E-state index in [-0.39, 0.29) is 18.4 Å². The number of aromatic hydroxyl groups is 1. The van der Waals surface area contributed by atoms with Crippen LogP contribution in [0.25, 0.3) is 5.69 Å². The van der Waals surface area contributed by atoms with Crippen molar-refractivity contribution in [3.63, 3.8) is 0 Å². The molecule has 1 fully saturated rings. The van der Waals surface area contributed by atoms with Crippen molar-refractivity contribution in [3.05, 3.63) is 41.7 Å². The van der Waals surface area contributed by atoms with Gasteiger partial charge in [0.25, 0.3) is 0 Å². The molecule has 6 nitrogen and oxygen atoms in total. The van der Waals surface area contributed by atoms with Crippen LogP contribution in [0.5, 0.6) is 5.75 Å². The smallest absolute Gasteiger partial charge is 0.410 e. The van der Waals surface area contributed by atoms with Crippen LogP contribution in [-0.2, 0) is 11.3 Å². The zero-order valence-electron chi connectivity index (χ0n) is 14.1. The third-order valence-electron chi connectivity index (χ3n) is 4.66. The fourth-order valence-electron chi connectivity index (χ4n) is 3.12. The molecule has 0 bridgehead atoms. The minimum absolute atomic E-state index is 0.169. The van der Waals surface area contributed by atoms with E-state index < -0.39 is 0 Å². The molecule has 0 radical (unpaired) electrons. The lowest BCUT2D eigenvalue weighted by Crippen LogP contribution is -2.35. The molecule has 3 rings (SSSR count). The van der Waals surface area contributed by atoms with E-state index in [0.717, 1.165) is 29.8 Å². The average molecular weight is 329 g/mol. The van der Waals surface area contributed by atoms with E-state index in [4.69, 9.17) is 4.74 Å². The highest BCUT2D eigenvalue weighted by Crippen LogP contribution is 2.23. The Bertz CT molecular complexity index is 703. The first kappa shape index (κ1) is 16.4. The topological polar surface area (TPSA) is 67.6 Å². The van der Waals surface area contributed by atoms with Crippen LogP contribution < -0.4 is 0 Å². The van der Waals surface area contributed by atoms with Crippen molar-refractivity contribution in [2.45, 2.75) is 45.3 Å². The molecule has 0 unspecified atom stereocenters. The van der Waals surface area contributed by atoms with Crippen molar-refractivity contribution in [2.75, 3.05) is 7.05 Å². The van der Waals surface area contributed by atoms with Gasteiger partial charge < -0.3 is 14.7 Å². The van der Waals surface area contributed by atoms with Crippen LogP contribution in [0.3, 0.4) is 0 Å². The van der Waals surface area contributed by atoms with Crippen LogP contribution in [0.2, 0.25) is 0 Å². The highest BCUT2D eigenvalue weighted by atomic mass is 16.6. The van der Waals surface area contributed by atoms with Gasteiger partial charge in [-0.1, -0.05) is 12.8 Å². The maximum Gasteiger partial charge on any atom is 0.410 e. The van der Waals surface area contributed by atoms with Crippen molar-refractivity contribution in [1.29, 1.82) is 0 Å². The zero-order valence-corrected chi connectivity index (χ0v) is 14.1. The predicted molar refractivity (Wildman–Crippen MR) is 90.2 cm³/mol. The molecule has 24 heavy (non-hydrogen) atoms. The van der Waals surface area contributed by atoms with Crippen LogP contribution in [0.4, 0.5) is 4.79 Å². The first-order valence-corrected chi connectivity index (χ1v) is 8.29. The quantitative estimate of drug-likeness (QED) is 0.933. The van der Waals surface area contributed by atoms with Crippen LogP contribution in [-0.4, -0.2) is 39.0 Å².